The molecule has 1 saturated carbocycles. The van der Waals surface area contributed by atoms with E-state index >= 15 is 0 Å². The summed E-state index contributed by atoms with van der Waals surface area (Å²) in [5, 5.41) is 0. The Bertz CT molecular complexity index is 589. The standard InChI is InChI=1S/C21H20/c1-3-7-18(8-4-1)11-13-20(17-21-15-16-21)14-12-19-9-5-2-6-10-19/h1-14,17,20H,15-16H2. The van der Waals surface area contributed by atoms with Crippen molar-refractivity contribution in [1.29, 1.82) is 0 Å². The first-order valence-electron chi connectivity index (χ1n) is 7.56. The van der Waals surface area contributed by atoms with Crippen molar-refractivity contribution in [3.05, 3.63) is 95.6 Å². The van der Waals surface area contributed by atoms with E-state index in [0.717, 1.165) is 0 Å². The molecule has 2 aromatic rings. The van der Waals surface area contributed by atoms with Crippen molar-refractivity contribution in [2.24, 2.45) is 5.92 Å². The van der Waals surface area contributed by atoms with Crippen LogP contribution in [0.15, 0.2) is 84.5 Å². The Morgan fingerprint density at radius 1 is 0.667 bits per heavy atom. The first kappa shape index (κ1) is 13.6. The van der Waals surface area contributed by atoms with Gasteiger partial charge in [0.2, 0.25) is 0 Å². The highest BCUT2D eigenvalue weighted by atomic mass is 14.2. The second-order valence-corrected chi connectivity index (χ2v) is 5.44. The summed E-state index contributed by atoms with van der Waals surface area (Å²) >= 11 is 0. The molecule has 0 N–H and O–H groups in total. The molecule has 0 atom stereocenters. The normalized spacial score (nSPS) is 15.5. The molecule has 21 heavy (non-hydrogen) atoms. The van der Waals surface area contributed by atoms with Gasteiger partial charge in [0.1, 0.15) is 0 Å². The van der Waals surface area contributed by atoms with Gasteiger partial charge in [-0.25, -0.2) is 0 Å². The summed E-state index contributed by atoms with van der Waals surface area (Å²) in [5.74, 6) is 0.378. The van der Waals surface area contributed by atoms with E-state index in [2.05, 4.69) is 91.0 Å². The zero-order valence-electron chi connectivity index (χ0n) is 12.2. The lowest BCUT2D eigenvalue weighted by atomic mass is 10.0. The molecule has 0 aliphatic heterocycles. The molecular weight excluding hydrogens is 252 g/mol. The Morgan fingerprint density at radius 2 is 1.14 bits per heavy atom. The van der Waals surface area contributed by atoms with E-state index in [9.17, 15) is 0 Å². The quantitative estimate of drug-likeness (QED) is 0.608. The summed E-state index contributed by atoms with van der Waals surface area (Å²) in [6.45, 7) is 0. The van der Waals surface area contributed by atoms with Crippen LogP contribution < -0.4 is 0 Å². The number of allylic oxidation sites excluding steroid dienone is 4. The summed E-state index contributed by atoms with van der Waals surface area (Å²) in [6, 6.07) is 21.0. The van der Waals surface area contributed by atoms with E-state index < -0.39 is 0 Å². The number of hydrogen-bond donors (Lipinski definition) is 0. The summed E-state index contributed by atoms with van der Waals surface area (Å²) in [4.78, 5) is 0. The Labute approximate surface area is 127 Å². The lowest BCUT2D eigenvalue weighted by molar-refractivity contribution is 1.08. The fourth-order valence-electron chi connectivity index (χ4n) is 2.26. The number of benzene rings is 2. The molecule has 0 spiro atoms. The Kier molecular flexibility index (Phi) is 4.48. The third-order valence-corrected chi connectivity index (χ3v) is 3.59. The minimum absolute atomic E-state index is 0.378. The first-order valence-corrected chi connectivity index (χ1v) is 7.56. The molecular formula is C21H20. The molecule has 0 saturated heterocycles. The van der Waals surface area contributed by atoms with Crippen molar-refractivity contribution in [2.45, 2.75) is 12.8 Å². The number of rotatable bonds is 5. The van der Waals surface area contributed by atoms with E-state index in [1.807, 2.05) is 0 Å². The van der Waals surface area contributed by atoms with Crippen LogP contribution >= 0.6 is 0 Å². The summed E-state index contributed by atoms with van der Waals surface area (Å²) in [5.41, 5.74) is 4.09. The van der Waals surface area contributed by atoms with Crippen LogP contribution in [0.4, 0.5) is 0 Å². The van der Waals surface area contributed by atoms with Crippen LogP contribution in [0.25, 0.3) is 12.2 Å². The minimum atomic E-state index is 0.378. The fourth-order valence-corrected chi connectivity index (χ4v) is 2.26. The van der Waals surface area contributed by atoms with Gasteiger partial charge in [-0.15, -0.1) is 0 Å². The van der Waals surface area contributed by atoms with E-state index in [1.165, 1.54) is 24.0 Å². The van der Waals surface area contributed by atoms with E-state index in [-0.39, 0.29) is 0 Å². The van der Waals surface area contributed by atoms with Gasteiger partial charge >= 0.3 is 0 Å². The topological polar surface area (TPSA) is 0 Å². The van der Waals surface area contributed by atoms with Crippen LogP contribution in [0.2, 0.25) is 0 Å². The molecule has 2 aromatic carbocycles. The predicted octanol–water partition coefficient (Wildman–Crippen LogP) is 5.75. The maximum atomic E-state index is 2.39. The second kappa shape index (κ2) is 6.90. The lowest BCUT2D eigenvalue weighted by Gasteiger charge is -2.01. The van der Waals surface area contributed by atoms with Crippen molar-refractivity contribution in [3.8, 4) is 0 Å². The van der Waals surface area contributed by atoms with Crippen molar-refractivity contribution in [3.63, 3.8) is 0 Å². The Balaban J connectivity index is 1.74. The third kappa shape index (κ3) is 4.61. The highest BCUT2D eigenvalue weighted by molar-refractivity contribution is 5.54. The average Bonchev–Trinajstić information content (AvgIpc) is 3.36. The van der Waals surface area contributed by atoms with Gasteiger partial charge in [-0.3, -0.25) is 0 Å². The van der Waals surface area contributed by atoms with Crippen LogP contribution in [0.5, 0.6) is 0 Å². The smallest absolute Gasteiger partial charge is 0.0136 e. The molecule has 0 unspecified atom stereocenters. The van der Waals surface area contributed by atoms with Crippen LogP contribution in [0.1, 0.15) is 24.0 Å². The summed E-state index contributed by atoms with van der Waals surface area (Å²) in [6.07, 6.45) is 13.9. The first-order chi connectivity index (χ1) is 10.4. The van der Waals surface area contributed by atoms with Crippen molar-refractivity contribution < 1.29 is 0 Å². The molecule has 0 radical (unpaired) electrons. The molecule has 1 aliphatic carbocycles. The predicted molar refractivity (Wildman–Crippen MR) is 91.8 cm³/mol. The van der Waals surface area contributed by atoms with Crippen LogP contribution in [0.3, 0.4) is 0 Å². The van der Waals surface area contributed by atoms with Gasteiger partial charge in [-0.1, -0.05) is 96.6 Å². The minimum Gasteiger partial charge on any atom is -0.0746 e. The molecule has 0 amide bonds. The van der Waals surface area contributed by atoms with Crippen molar-refractivity contribution in [1.82, 2.24) is 0 Å². The summed E-state index contributed by atoms with van der Waals surface area (Å²) in [7, 11) is 0. The Hall–Kier alpha value is -2.34. The third-order valence-electron chi connectivity index (χ3n) is 3.59. The zero-order chi connectivity index (χ0) is 14.3. The van der Waals surface area contributed by atoms with Gasteiger partial charge in [0.05, 0.1) is 0 Å². The summed E-state index contributed by atoms with van der Waals surface area (Å²) < 4.78 is 0. The van der Waals surface area contributed by atoms with Gasteiger partial charge in [0, 0.05) is 5.92 Å². The molecule has 1 aliphatic rings. The maximum absolute atomic E-state index is 2.39. The van der Waals surface area contributed by atoms with Gasteiger partial charge < -0.3 is 0 Å². The fraction of sp³-hybridized carbons (Fsp3) is 0.143. The lowest BCUT2D eigenvalue weighted by Crippen LogP contribution is -1.86. The van der Waals surface area contributed by atoms with Gasteiger partial charge in [-0.2, -0.15) is 0 Å². The average molecular weight is 272 g/mol. The monoisotopic (exact) mass is 272 g/mol. The second-order valence-electron chi connectivity index (χ2n) is 5.44. The van der Waals surface area contributed by atoms with Crippen molar-refractivity contribution >= 4 is 12.2 Å². The Morgan fingerprint density at radius 3 is 1.57 bits per heavy atom. The van der Waals surface area contributed by atoms with Gasteiger partial charge in [0.25, 0.3) is 0 Å². The van der Waals surface area contributed by atoms with E-state index in [1.54, 1.807) is 5.57 Å². The van der Waals surface area contributed by atoms with E-state index in [4.69, 9.17) is 0 Å². The molecule has 104 valence electrons. The number of hydrogen-bond acceptors (Lipinski definition) is 0. The zero-order valence-corrected chi connectivity index (χ0v) is 12.2. The highest BCUT2D eigenvalue weighted by Gasteiger charge is 2.11. The molecule has 3 rings (SSSR count). The van der Waals surface area contributed by atoms with Crippen molar-refractivity contribution in [2.75, 3.05) is 0 Å². The van der Waals surface area contributed by atoms with Crippen LogP contribution in [0, 0.1) is 5.92 Å². The molecule has 0 heteroatoms. The van der Waals surface area contributed by atoms with Crippen LogP contribution in [-0.4, -0.2) is 0 Å². The molecule has 0 aromatic heterocycles. The molecule has 0 heterocycles. The van der Waals surface area contributed by atoms with E-state index in [0.29, 0.717) is 5.92 Å². The molecule has 0 bridgehead atoms. The van der Waals surface area contributed by atoms with Gasteiger partial charge in [-0.05, 0) is 24.0 Å². The van der Waals surface area contributed by atoms with Crippen LogP contribution in [-0.2, 0) is 0 Å². The maximum Gasteiger partial charge on any atom is 0.0136 e. The largest absolute Gasteiger partial charge is 0.0746 e. The molecule has 1 fully saturated rings. The SMILES string of the molecule is C(=CC(C=Cc1ccccc1)C=C1CC1)c1ccccc1. The highest BCUT2D eigenvalue weighted by Crippen LogP contribution is 2.30. The van der Waals surface area contributed by atoms with Gasteiger partial charge in [0.15, 0.2) is 0 Å². The molecule has 0 nitrogen and oxygen atoms in total.